The number of aryl methyl sites for hydroxylation is 2. The van der Waals surface area contributed by atoms with Gasteiger partial charge in [0.05, 0.1) is 0 Å². The molecule has 0 atom stereocenters. The maximum Gasteiger partial charge on any atom is 0.321 e. The van der Waals surface area contributed by atoms with E-state index in [-0.39, 0.29) is 24.5 Å². The molecule has 0 spiro atoms. The van der Waals surface area contributed by atoms with Crippen molar-refractivity contribution in [1.29, 1.82) is 0 Å². The van der Waals surface area contributed by atoms with Crippen LogP contribution in [0.1, 0.15) is 43.9 Å². The summed E-state index contributed by atoms with van der Waals surface area (Å²) in [7, 11) is 0. The molecular formula is C16H24N3O2+. The Morgan fingerprint density at radius 3 is 2.67 bits per heavy atom. The van der Waals surface area contributed by atoms with Crippen LogP contribution in [0.3, 0.4) is 0 Å². The lowest BCUT2D eigenvalue weighted by Crippen LogP contribution is -2.50. The van der Waals surface area contributed by atoms with Gasteiger partial charge in [0.25, 0.3) is 5.91 Å². The topological polar surface area (TPSA) is 62.1 Å². The molecule has 3 amide bonds. The van der Waals surface area contributed by atoms with E-state index in [0.29, 0.717) is 0 Å². The molecule has 1 aromatic heterocycles. The largest absolute Gasteiger partial charge is 0.335 e. The second-order valence-corrected chi connectivity index (χ2v) is 5.66. The number of hydrogen-bond donors (Lipinski definition) is 2. The lowest BCUT2D eigenvalue weighted by molar-refractivity contribution is -0.690. The van der Waals surface area contributed by atoms with Crippen molar-refractivity contribution >= 4 is 11.9 Å². The smallest absolute Gasteiger partial charge is 0.321 e. The van der Waals surface area contributed by atoms with Crippen LogP contribution in [0.5, 0.6) is 0 Å². The molecule has 0 bridgehead atoms. The summed E-state index contributed by atoms with van der Waals surface area (Å²) in [6.07, 6.45) is 7.20. The summed E-state index contributed by atoms with van der Waals surface area (Å²) < 4.78 is 1.87. The molecule has 1 saturated carbocycles. The van der Waals surface area contributed by atoms with Crippen LogP contribution in [0, 0.1) is 6.92 Å². The lowest BCUT2D eigenvalue weighted by Gasteiger charge is -2.11. The Labute approximate surface area is 125 Å². The quantitative estimate of drug-likeness (QED) is 0.828. The molecule has 1 heterocycles. The second-order valence-electron chi connectivity index (χ2n) is 5.66. The molecule has 0 aromatic carbocycles. The Kier molecular flexibility index (Phi) is 5.31. The van der Waals surface area contributed by atoms with E-state index in [9.17, 15) is 9.59 Å². The zero-order valence-electron chi connectivity index (χ0n) is 12.8. The molecule has 2 rings (SSSR count). The Hall–Kier alpha value is -1.91. The van der Waals surface area contributed by atoms with Crippen molar-refractivity contribution in [2.45, 2.75) is 58.5 Å². The third-order valence-electron chi connectivity index (χ3n) is 3.98. The number of nitrogens with one attached hydrogen (secondary N) is 2. The molecule has 1 fully saturated rings. The van der Waals surface area contributed by atoms with Crippen LogP contribution >= 0.6 is 0 Å². The Bertz CT molecular complexity index is 522. The molecule has 1 aromatic rings. The maximum absolute atomic E-state index is 12.0. The third kappa shape index (κ3) is 4.55. The fraction of sp³-hybridized carbons (Fsp3) is 0.562. The number of rotatable bonds is 4. The number of carbonyl (C=O) groups excluding carboxylic acids is 2. The van der Waals surface area contributed by atoms with Crippen molar-refractivity contribution in [2.24, 2.45) is 0 Å². The number of carbonyl (C=O) groups is 2. The number of nitrogens with zero attached hydrogens (tertiary/aromatic N) is 1. The Morgan fingerprint density at radius 1 is 1.29 bits per heavy atom. The first-order valence-electron chi connectivity index (χ1n) is 7.68. The van der Waals surface area contributed by atoms with Crippen molar-refractivity contribution in [3.05, 3.63) is 29.6 Å². The molecule has 114 valence electrons. The zero-order chi connectivity index (χ0) is 15.2. The van der Waals surface area contributed by atoms with Gasteiger partial charge in [0, 0.05) is 24.6 Å². The minimum Gasteiger partial charge on any atom is -0.335 e. The highest BCUT2D eigenvalue weighted by Gasteiger charge is 2.20. The maximum atomic E-state index is 12.0. The molecule has 2 N–H and O–H groups in total. The van der Waals surface area contributed by atoms with Gasteiger partial charge in [0.15, 0.2) is 11.9 Å². The van der Waals surface area contributed by atoms with Gasteiger partial charge < -0.3 is 5.32 Å². The number of imide groups is 1. The minimum atomic E-state index is -0.378. The van der Waals surface area contributed by atoms with Crippen molar-refractivity contribution < 1.29 is 14.2 Å². The number of hydrogen-bond acceptors (Lipinski definition) is 2. The lowest BCUT2D eigenvalue weighted by atomic mass is 10.2. The first-order chi connectivity index (χ1) is 10.1. The fourth-order valence-corrected chi connectivity index (χ4v) is 2.66. The standard InChI is InChI=1S/C16H23N3O2/c1-3-13-9-8-12(2)19(10-13)11-15(20)18-16(21)17-14-6-4-5-7-14/h8-10,14H,3-7,11H2,1-2H3,(H-,17,18,20,21)/p+1. The molecule has 0 radical (unpaired) electrons. The summed E-state index contributed by atoms with van der Waals surface area (Å²) in [5, 5.41) is 5.26. The van der Waals surface area contributed by atoms with E-state index in [1.54, 1.807) is 0 Å². The van der Waals surface area contributed by atoms with Crippen molar-refractivity contribution in [3.63, 3.8) is 0 Å². The molecule has 0 unspecified atom stereocenters. The molecule has 5 heteroatoms. The van der Waals surface area contributed by atoms with Crippen LogP contribution in [0.25, 0.3) is 0 Å². The van der Waals surface area contributed by atoms with E-state index in [2.05, 4.69) is 23.6 Å². The first kappa shape index (κ1) is 15.5. The number of amides is 3. The number of urea groups is 1. The van der Waals surface area contributed by atoms with Crippen molar-refractivity contribution in [3.8, 4) is 0 Å². The summed E-state index contributed by atoms with van der Waals surface area (Å²) in [6.45, 7) is 4.19. The van der Waals surface area contributed by atoms with Gasteiger partial charge in [-0.25, -0.2) is 4.79 Å². The normalized spacial score (nSPS) is 15.0. The van der Waals surface area contributed by atoms with E-state index < -0.39 is 0 Å². The van der Waals surface area contributed by atoms with Crippen LogP contribution < -0.4 is 15.2 Å². The highest BCUT2D eigenvalue weighted by atomic mass is 16.2. The predicted octanol–water partition coefficient (Wildman–Crippen LogP) is 1.61. The van der Waals surface area contributed by atoms with Gasteiger partial charge in [-0.1, -0.05) is 19.8 Å². The van der Waals surface area contributed by atoms with Crippen LogP contribution in [0.4, 0.5) is 4.79 Å². The van der Waals surface area contributed by atoms with E-state index in [4.69, 9.17) is 0 Å². The van der Waals surface area contributed by atoms with Gasteiger partial charge in [-0.05, 0) is 25.3 Å². The number of aromatic nitrogens is 1. The van der Waals surface area contributed by atoms with E-state index in [1.807, 2.05) is 23.8 Å². The highest BCUT2D eigenvalue weighted by molar-refractivity contribution is 5.93. The minimum absolute atomic E-state index is 0.164. The summed E-state index contributed by atoms with van der Waals surface area (Å²) in [6, 6.07) is 3.88. The van der Waals surface area contributed by atoms with Gasteiger partial charge in [-0.2, -0.15) is 4.57 Å². The van der Waals surface area contributed by atoms with E-state index >= 15 is 0 Å². The van der Waals surface area contributed by atoms with Gasteiger partial charge in [-0.3, -0.25) is 10.1 Å². The molecule has 0 aliphatic heterocycles. The molecule has 21 heavy (non-hydrogen) atoms. The predicted molar refractivity (Wildman–Crippen MR) is 79.7 cm³/mol. The Morgan fingerprint density at radius 2 is 2.00 bits per heavy atom. The molecule has 1 aliphatic rings. The van der Waals surface area contributed by atoms with Crippen LogP contribution in [0.2, 0.25) is 0 Å². The molecule has 1 aliphatic carbocycles. The van der Waals surface area contributed by atoms with Crippen LogP contribution in [-0.2, 0) is 17.8 Å². The average Bonchev–Trinajstić information content (AvgIpc) is 2.93. The van der Waals surface area contributed by atoms with E-state index in [0.717, 1.165) is 37.8 Å². The first-order valence-corrected chi connectivity index (χ1v) is 7.68. The summed E-state index contributed by atoms with van der Waals surface area (Å²) in [5.74, 6) is -0.285. The summed E-state index contributed by atoms with van der Waals surface area (Å²) in [5.41, 5.74) is 2.17. The molecule has 0 saturated heterocycles. The highest BCUT2D eigenvalue weighted by Crippen LogP contribution is 2.17. The van der Waals surface area contributed by atoms with Gasteiger partial charge in [0.1, 0.15) is 0 Å². The van der Waals surface area contributed by atoms with Crippen molar-refractivity contribution in [2.75, 3.05) is 0 Å². The molecule has 5 nitrogen and oxygen atoms in total. The van der Waals surface area contributed by atoms with Crippen LogP contribution in [-0.4, -0.2) is 18.0 Å². The zero-order valence-corrected chi connectivity index (χ0v) is 12.8. The number of pyridine rings is 1. The van der Waals surface area contributed by atoms with Crippen LogP contribution in [0.15, 0.2) is 18.3 Å². The van der Waals surface area contributed by atoms with Gasteiger partial charge >= 0.3 is 6.03 Å². The SMILES string of the molecule is CCc1ccc(C)[n+](CC(=O)NC(=O)NC2CCCC2)c1. The Balaban J connectivity index is 1.87. The monoisotopic (exact) mass is 290 g/mol. The van der Waals surface area contributed by atoms with Gasteiger partial charge in [0.2, 0.25) is 6.54 Å². The summed E-state index contributed by atoms with van der Waals surface area (Å²) in [4.78, 5) is 23.7. The summed E-state index contributed by atoms with van der Waals surface area (Å²) >= 11 is 0. The second kappa shape index (κ2) is 7.20. The molecular weight excluding hydrogens is 266 g/mol. The van der Waals surface area contributed by atoms with Crippen molar-refractivity contribution in [1.82, 2.24) is 10.6 Å². The third-order valence-corrected chi connectivity index (χ3v) is 3.98. The fourth-order valence-electron chi connectivity index (χ4n) is 2.66. The van der Waals surface area contributed by atoms with E-state index in [1.165, 1.54) is 5.56 Å². The van der Waals surface area contributed by atoms with Gasteiger partial charge in [-0.15, -0.1) is 0 Å². The average molecular weight is 290 g/mol.